The lowest BCUT2D eigenvalue weighted by Gasteiger charge is -2.36. The van der Waals surface area contributed by atoms with E-state index in [0.29, 0.717) is 12.0 Å². The molecule has 0 atom stereocenters. The van der Waals surface area contributed by atoms with Gasteiger partial charge in [0.15, 0.2) is 0 Å². The van der Waals surface area contributed by atoms with Crippen LogP contribution >= 0.6 is 0 Å². The maximum Gasteiger partial charge on any atom is 0.248 e. The van der Waals surface area contributed by atoms with Crippen LogP contribution in [0.1, 0.15) is 54.9 Å². The second-order valence-electron chi connectivity index (χ2n) is 9.07. The van der Waals surface area contributed by atoms with Crippen molar-refractivity contribution in [3.63, 3.8) is 0 Å². The maximum absolute atomic E-state index is 12.8. The number of amides is 2. The zero-order valence-electron chi connectivity index (χ0n) is 20.1. The van der Waals surface area contributed by atoms with E-state index in [1.165, 1.54) is 0 Å². The molecule has 0 aliphatic carbocycles. The molecule has 3 heterocycles. The number of benzene rings is 1. The maximum atomic E-state index is 12.8. The van der Waals surface area contributed by atoms with E-state index in [4.69, 9.17) is 5.73 Å². The minimum Gasteiger partial charge on any atom is -0.366 e. The lowest BCUT2D eigenvalue weighted by atomic mass is 10.0. The molecule has 1 saturated heterocycles. The van der Waals surface area contributed by atoms with Crippen molar-refractivity contribution in [2.45, 2.75) is 58.0 Å². The molecule has 1 fully saturated rings. The van der Waals surface area contributed by atoms with E-state index in [9.17, 15) is 9.59 Å². The standard InChI is InChI=1S/C26H34N6O2/c1-3-19-17-28-26(29-18-19)32-14-10-22(11-15-32)30(2)24(33)6-4-5-12-31-13-9-20-7-8-21(25(27)34)16-23(20)31/h7-9,13,16-18,22H,3-6,10-12,14-15H2,1-2H3,(H2,27,34). The van der Waals surface area contributed by atoms with Gasteiger partial charge in [0.25, 0.3) is 0 Å². The van der Waals surface area contributed by atoms with Crippen molar-refractivity contribution in [2.24, 2.45) is 5.73 Å². The number of hydrogen-bond acceptors (Lipinski definition) is 5. The summed E-state index contributed by atoms with van der Waals surface area (Å²) in [7, 11) is 1.93. The van der Waals surface area contributed by atoms with Crippen LogP contribution in [0.2, 0.25) is 0 Å². The topological polar surface area (TPSA) is 97.4 Å². The number of nitrogens with two attached hydrogens (primary N) is 1. The molecule has 0 bridgehead atoms. The van der Waals surface area contributed by atoms with E-state index in [-0.39, 0.29) is 11.9 Å². The van der Waals surface area contributed by atoms with Gasteiger partial charge in [0.1, 0.15) is 0 Å². The van der Waals surface area contributed by atoms with Gasteiger partial charge in [0, 0.05) is 68.8 Å². The van der Waals surface area contributed by atoms with Crippen LogP contribution in [0.4, 0.5) is 5.95 Å². The van der Waals surface area contributed by atoms with Gasteiger partial charge in [-0.15, -0.1) is 0 Å². The first-order chi connectivity index (χ1) is 16.5. The third kappa shape index (κ3) is 5.38. The van der Waals surface area contributed by atoms with Crippen LogP contribution in [-0.4, -0.2) is 57.4 Å². The Bertz CT molecular complexity index is 1130. The number of aromatic nitrogens is 3. The number of aryl methyl sites for hydroxylation is 2. The summed E-state index contributed by atoms with van der Waals surface area (Å²) in [6.45, 7) is 4.63. The van der Waals surface area contributed by atoms with Gasteiger partial charge in [-0.05, 0) is 61.3 Å². The van der Waals surface area contributed by atoms with E-state index in [0.717, 1.165) is 74.2 Å². The van der Waals surface area contributed by atoms with Gasteiger partial charge in [-0.2, -0.15) is 0 Å². The Morgan fingerprint density at radius 3 is 2.53 bits per heavy atom. The lowest BCUT2D eigenvalue weighted by Crippen LogP contribution is -2.46. The molecule has 0 saturated carbocycles. The Balaban J connectivity index is 1.22. The van der Waals surface area contributed by atoms with Crippen molar-refractivity contribution in [2.75, 3.05) is 25.0 Å². The Morgan fingerprint density at radius 2 is 1.85 bits per heavy atom. The summed E-state index contributed by atoms with van der Waals surface area (Å²) in [4.78, 5) is 37.4. The Morgan fingerprint density at radius 1 is 1.12 bits per heavy atom. The molecule has 8 nitrogen and oxygen atoms in total. The Labute approximate surface area is 200 Å². The molecule has 34 heavy (non-hydrogen) atoms. The van der Waals surface area contributed by atoms with Crippen LogP contribution in [0.25, 0.3) is 10.9 Å². The smallest absolute Gasteiger partial charge is 0.248 e. The van der Waals surface area contributed by atoms with Crippen LogP contribution in [-0.2, 0) is 17.8 Å². The predicted octanol–water partition coefficient (Wildman–Crippen LogP) is 3.39. The van der Waals surface area contributed by atoms with Crippen molar-refractivity contribution in [1.29, 1.82) is 0 Å². The lowest BCUT2D eigenvalue weighted by molar-refractivity contribution is -0.132. The van der Waals surface area contributed by atoms with Crippen molar-refractivity contribution < 1.29 is 9.59 Å². The number of piperidine rings is 1. The summed E-state index contributed by atoms with van der Waals surface area (Å²) < 4.78 is 2.13. The minimum atomic E-state index is -0.420. The van der Waals surface area contributed by atoms with Gasteiger partial charge < -0.3 is 20.1 Å². The molecule has 2 aromatic heterocycles. The molecule has 8 heteroatoms. The van der Waals surface area contributed by atoms with Gasteiger partial charge in [0.05, 0.1) is 0 Å². The fourth-order valence-corrected chi connectivity index (χ4v) is 4.62. The molecular formula is C26H34N6O2. The van der Waals surface area contributed by atoms with Gasteiger partial charge in [-0.3, -0.25) is 9.59 Å². The highest BCUT2D eigenvalue weighted by atomic mass is 16.2. The fourth-order valence-electron chi connectivity index (χ4n) is 4.62. The molecule has 0 radical (unpaired) electrons. The van der Waals surface area contributed by atoms with Crippen LogP contribution in [0.5, 0.6) is 0 Å². The van der Waals surface area contributed by atoms with E-state index in [1.54, 1.807) is 6.07 Å². The number of nitrogens with zero attached hydrogens (tertiary/aromatic N) is 5. The number of primary amides is 1. The Kier molecular flexibility index (Phi) is 7.45. The summed E-state index contributed by atoms with van der Waals surface area (Å²) in [5.41, 5.74) is 8.07. The SMILES string of the molecule is CCc1cnc(N2CCC(N(C)C(=O)CCCCn3ccc4ccc(C(N)=O)cc43)CC2)nc1. The van der Waals surface area contributed by atoms with E-state index >= 15 is 0 Å². The highest BCUT2D eigenvalue weighted by Gasteiger charge is 2.26. The minimum absolute atomic E-state index is 0.204. The first kappa shape index (κ1) is 23.7. The van der Waals surface area contributed by atoms with Crippen molar-refractivity contribution in [3.05, 3.63) is 54.0 Å². The molecule has 0 unspecified atom stereocenters. The van der Waals surface area contributed by atoms with E-state index in [1.807, 2.05) is 48.7 Å². The normalized spacial score (nSPS) is 14.5. The van der Waals surface area contributed by atoms with Crippen LogP contribution in [0, 0.1) is 0 Å². The second kappa shape index (κ2) is 10.7. The largest absolute Gasteiger partial charge is 0.366 e. The average molecular weight is 463 g/mol. The Hall–Kier alpha value is -3.42. The van der Waals surface area contributed by atoms with Gasteiger partial charge in [-0.1, -0.05) is 13.0 Å². The van der Waals surface area contributed by atoms with Crippen LogP contribution < -0.4 is 10.6 Å². The van der Waals surface area contributed by atoms with Crippen LogP contribution in [0.3, 0.4) is 0 Å². The molecule has 1 aliphatic heterocycles. The molecule has 0 spiro atoms. The first-order valence-electron chi connectivity index (χ1n) is 12.2. The van der Waals surface area contributed by atoms with E-state index < -0.39 is 5.91 Å². The van der Waals surface area contributed by atoms with Gasteiger partial charge in [0.2, 0.25) is 17.8 Å². The summed E-state index contributed by atoms with van der Waals surface area (Å²) in [6, 6.07) is 7.81. The molecule has 1 aromatic carbocycles. The number of carbonyl (C=O) groups is 2. The van der Waals surface area contributed by atoms with Gasteiger partial charge in [-0.25, -0.2) is 9.97 Å². The van der Waals surface area contributed by atoms with Crippen molar-refractivity contribution in [1.82, 2.24) is 19.4 Å². The summed E-state index contributed by atoms with van der Waals surface area (Å²) in [5, 5.41) is 1.08. The van der Waals surface area contributed by atoms with Crippen molar-refractivity contribution >= 4 is 28.7 Å². The molecule has 3 aromatic rings. The van der Waals surface area contributed by atoms with Crippen molar-refractivity contribution in [3.8, 4) is 0 Å². The highest BCUT2D eigenvalue weighted by Crippen LogP contribution is 2.21. The number of unbranched alkanes of at least 4 members (excludes halogenated alkanes) is 1. The summed E-state index contributed by atoms with van der Waals surface area (Å²) in [5.74, 6) is 0.566. The zero-order chi connectivity index (χ0) is 24.1. The second-order valence-corrected chi connectivity index (χ2v) is 9.07. The summed E-state index contributed by atoms with van der Waals surface area (Å²) >= 11 is 0. The molecule has 1 aliphatic rings. The monoisotopic (exact) mass is 462 g/mol. The quantitative estimate of drug-likeness (QED) is 0.492. The molecule has 2 amide bonds. The number of carbonyl (C=O) groups excluding carboxylic acids is 2. The zero-order valence-corrected chi connectivity index (χ0v) is 20.1. The van der Waals surface area contributed by atoms with Crippen LogP contribution in [0.15, 0.2) is 42.9 Å². The highest BCUT2D eigenvalue weighted by molar-refractivity contribution is 5.97. The number of hydrogen-bond donors (Lipinski definition) is 1. The fraction of sp³-hybridized carbons (Fsp3) is 0.462. The first-order valence-corrected chi connectivity index (χ1v) is 12.2. The predicted molar refractivity (Wildman–Crippen MR) is 134 cm³/mol. The molecule has 4 rings (SSSR count). The number of rotatable bonds is 9. The molecule has 180 valence electrons. The third-order valence-electron chi connectivity index (χ3n) is 6.89. The number of anilines is 1. The van der Waals surface area contributed by atoms with Gasteiger partial charge >= 0.3 is 0 Å². The van der Waals surface area contributed by atoms with E-state index in [2.05, 4.69) is 26.4 Å². The summed E-state index contributed by atoms with van der Waals surface area (Å²) in [6.07, 6.45) is 10.9. The molecular weight excluding hydrogens is 428 g/mol. The third-order valence-corrected chi connectivity index (χ3v) is 6.89. The average Bonchev–Trinajstić information content (AvgIpc) is 3.28. The molecule has 2 N–H and O–H groups in total. The number of fused-ring (bicyclic) bond motifs is 1.